The molecule has 2 heterocycles. The molecule has 0 unspecified atom stereocenters. The lowest BCUT2D eigenvalue weighted by atomic mass is 10.1. The number of hydrogen-bond acceptors (Lipinski definition) is 4. The predicted octanol–water partition coefficient (Wildman–Crippen LogP) is 2.39. The first-order valence-corrected chi connectivity index (χ1v) is 7.36. The zero-order valence-electron chi connectivity index (χ0n) is 12.6. The first kappa shape index (κ1) is 14.8. The van der Waals surface area contributed by atoms with Crippen LogP contribution in [0.2, 0.25) is 0 Å². The van der Waals surface area contributed by atoms with Crippen molar-refractivity contribution >= 4 is 11.9 Å². The van der Waals surface area contributed by atoms with Gasteiger partial charge in [-0.3, -0.25) is 4.79 Å². The summed E-state index contributed by atoms with van der Waals surface area (Å²) in [5, 5.41) is 2.93. The maximum atomic E-state index is 12.1. The van der Waals surface area contributed by atoms with Gasteiger partial charge in [0.15, 0.2) is 0 Å². The van der Waals surface area contributed by atoms with Gasteiger partial charge in [-0.05, 0) is 39.7 Å². The second-order valence-corrected chi connectivity index (χ2v) is 6.35. The molecule has 5 nitrogen and oxygen atoms in total. The highest BCUT2D eigenvalue weighted by molar-refractivity contribution is 5.92. The molecule has 0 aromatic carbocycles. The van der Waals surface area contributed by atoms with E-state index in [2.05, 4.69) is 20.2 Å². The van der Waals surface area contributed by atoms with E-state index in [1.165, 1.54) is 25.7 Å². The molecule has 20 heavy (non-hydrogen) atoms. The monoisotopic (exact) mass is 276 g/mol. The van der Waals surface area contributed by atoms with Crippen molar-refractivity contribution in [2.45, 2.75) is 52.0 Å². The van der Waals surface area contributed by atoms with Gasteiger partial charge in [0.1, 0.15) is 5.69 Å². The number of nitrogens with one attached hydrogen (secondary N) is 1. The lowest BCUT2D eigenvalue weighted by molar-refractivity contribution is 0.0914. The van der Waals surface area contributed by atoms with Gasteiger partial charge in [-0.15, -0.1) is 0 Å². The van der Waals surface area contributed by atoms with E-state index in [-0.39, 0.29) is 11.4 Å². The minimum atomic E-state index is -0.259. The van der Waals surface area contributed by atoms with Gasteiger partial charge < -0.3 is 10.2 Å². The average Bonchev–Trinajstić information content (AvgIpc) is 2.66. The van der Waals surface area contributed by atoms with Crippen LogP contribution in [0.3, 0.4) is 0 Å². The average molecular weight is 276 g/mol. The standard InChI is InChI=1S/C15H24N4O/c1-15(2,3)18-13(20)12-8-9-16-14(17-12)19-10-6-4-5-7-11-19/h8-9H,4-7,10-11H2,1-3H3,(H,18,20). The summed E-state index contributed by atoms with van der Waals surface area (Å²) < 4.78 is 0. The third kappa shape index (κ3) is 4.18. The molecule has 0 atom stereocenters. The second kappa shape index (κ2) is 6.20. The van der Waals surface area contributed by atoms with Crippen LogP contribution in [0, 0.1) is 0 Å². The van der Waals surface area contributed by atoms with Crippen LogP contribution in [0.25, 0.3) is 0 Å². The van der Waals surface area contributed by atoms with Crippen molar-refractivity contribution in [3.05, 3.63) is 18.0 Å². The number of rotatable bonds is 2. The third-order valence-electron chi connectivity index (χ3n) is 3.25. The van der Waals surface area contributed by atoms with Crippen molar-refractivity contribution in [2.75, 3.05) is 18.0 Å². The highest BCUT2D eigenvalue weighted by Gasteiger charge is 2.18. The van der Waals surface area contributed by atoms with Gasteiger partial charge in [-0.1, -0.05) is 12.8 Å². The van der Waals surface area contributed by atoms with Crippen LogP contribution in [0.1, 0.15) is 56.9 Å². The Labute approximate surface area is 120 Å². The molecular weight excluding hydrogens is 252 g/mol. The Hall–Kier alpha value is -1.65. The number of amides is 1. The number of anilines is 1. The molecule has 1 aromatic heterocycles. The fraction of sp³-hybridized carbons (Fsp3) is 0.667. The number of nitrogens with zero attached hydrogens (tertiary/aromatic N) is 3. The van der Waals surface area contributed by atoms with Crippen LogP contribution in [0.4, 0.5) is 5.95 Å². The molecule has 1 saturated heterocycles. The Kier molecular flexibility index (Phi) is 4.57. The quantitative estimate of drug-likeness (QED) is 0.901. The summed E-state index contributed by atoms with van der Waals surface area (Å²) in [6, 6.07) is 1.67. The molecule has 0 aliphatic carbocycles. The van der Waals surface area contributed by atoms with Crippen molar-refractivity contribution in [3.63, 3.8) is 0 Å². The molecule has 1 aliphatic rings. The summed E-state index contributed by atoms with van der Waals surface area (Å²) in [6.45, 7) is 7.83. The van der Waals surface area contributed by atoms with Crippen molar-refractivity contribution in [1.82, 2.24) is 15.3 Å². The van der Waals surface area contributed by atoms with Crippen LogP contribution in [-0.2, 0) is 0 Å². The van der Waals surface area contributed by atoms with Gasteiger partial charge in [0.2, 0.25) is 5.95 Å². The summed E-state index contributed by atoms with van der Waals surface area (Å²) in [4.78, 5) is 23.1. The van der Waals surface area contributed by atoms with E-state index >= 15 is 0 Å². The molecule has 0 spiro atoms. The van der Waals surface area contributed by atoms with E-state index in [4.69, 9.17) is 0 Å². The topological polar surface area (TPSA) is 58.1 Å². The Morgan fingerprint density at radius 2 is 1.85 bits per heavy atom. The molecule has 5 heteroatoms. The van der Waals surface area contributed by atoms with Gasteiger partial charge in [0, 0.05) is 24.8 Å². The normalized spacial score (nSPS) is 16.6. The van der Waals surface area contributed by atoms with Gasteiger partial charge in [-0.2, -0.15) is 0 Å². The summed E-state index contributed by atoms with van der Waals surface area (Å²) in [5.41, 5.74) is 0.180. The first-order chi connectivity index (χ1) is 9.46. The van der Waals surface area contributed by atoms with E-state index in [1.54, 1.807) is 12.3 Å². The summed E-state index contributed by atoms with van der Waals surface area (Å²) in [6.07, 6.45) is 6.54. The molecule has 1 aliphatic heterocycles. The molecule has 0 radical (unpaired) electrons. The zero-order valence-corrected chi connectivity index (χ0v) is 12.6. The lowest BCUT2D eigenvalue weighted by Crippen LogP contribution is -2.41. The SMILES string of the molecule is CC(C)(C)NC(=O)c1ccnc(N2CCCCCC2)n1. The van der Waals surface area contributed by atoms with Crippen LogP contribution in [-0.4, -0.2) is 34.5 Å². The molecule has 1 fully saturated rings. The van der Waals surface area contributed by atoms with E-state index in [0.717, 1.165) is 13.1 Å². The van der Waals surface area contributed by atoms with Crippen LogP contribution in [0.15, 0.2) is 12.3 Å². The van der Waals surface area contributed by atoms with Crippen LogP contribution >= 0.6 is 0 Å². The Bertz CT molecular complexity index is 459. The van der Waals surface area contributed by atoms with E-state index < -0.39 is 0 Å². The van der Waals surface area contributed by atoms with Crippen molar-refractivity contribution < 1.29 is 4.79 Å². The largest absolute Gasteiger partial charge is 0.346 e. The minimum absolute atomic E-state index is 0.143. The van der Waals surface area contributed by atoms with E-state index in [0.29, 0.717) is 11.6 Å². The second-order valence-electron chi connectivity index (χ2n) is 6.35. The Morgan fingerprint density at radius 3 is 2.45 bits per heavy atom. The Balaban J connectivity index is 2.12. The van der Waals surface area contributed by atoms with Gasteiger partial charge in [0.05, 0.1) is 0 Å². The van der Waals surface area contributed by atoms with Crippen molar-refractivity contribution in [3.8, 4) is 0 Å². The highest BCUT2D eigenvalue weighted by Crippen LogP contribution is 2.15. The zero-order chi connectivity index (χ0) is 14.6. The van der Waals surface area contributed by atoms with Crippen LogP contribution < -0.4 is 10.2 Å². The van der Waals surface area contributed by atoms with Gasteiger partial charge in [0.25, 0.3) is 5.91 Å². The molecule has 1 amide bonds. The summed E-state index contributed by atoms with van der Waals surface area (Å²) in [7, 11) is 0. The molecule has 110 valence electrons. The molecule has 2 rings (SSSR count). The van der Waals surface area contributed by atoms with Gasteiger partial charge >= 0.3 is 0 Å². The van der Waals surface area contributed by atoms with Crippen LogP contribution in [0.5, 0.6) is 0 Å². The molecule has 0 bridgehead atoms. The Morgan fingerprint density at radius 1 is 1.20 bits per heavy atom. The summed E-state index contributed by atoms with van der Waals surface area (Å²) in [5.74, 6) is 0.532. The molecule has 1 aromatic rings. The highest BCUT2D eigenvalue weighted by atomic mass is 16.2. The van der Waals surface area contributed by atoms with E-state index in [9.17, 15) is 4.79 Å². The molecule has 0 saturated carbocycles. The predicted molar refractivity (Wildman–Crippen MR) is 79.9 cm³/mol. The fourth-order valence-electron chi connectivity index (χ4n) is 2.30. The van der Waals surface area contributed by atoms with Crippen molar-refractivity contribution in [1.29, 1.82) is 0 Å². The molecular formula is C15H24N4O. The maximum absolute atomic E-state index is 12.1. The molecule has 1 N–H and O–H groups in total. The maximum Gasteiger partial charge on any atom is 0.270 e. The van der Waals surface area contributed by atoms with Crippen molar-refractivity contribution in [2.24, 2.45) is 0 Å². The van der Waals surface area contributed by atoms with Gasteiger partial charge in [-0.25, -0.2) is 9.97 Å². The van der Waals surface area contributed by atoms with E-state index in [1.807, 2.05) is 20.8 Å². The smallest absolute Gasteiger partial charge is 0.270 e. The first-order valence-electron chi connectivity index (χ1n) is 7.36. The number of carbonyl (C=O) groups excluding carboxylic acids is 1. The minimum Gasteiger partial charge on any atom is -0.346 e. The lowest BCUT2D eigenvalue weighted by Gasteiger charge is -2.22. The number of hydrogen-bond donors (Lipinski definition) is 1. The third-order valence-corrected chi connectivity index (χ3v) is 3.25. The summed E-state index contributed by atoms with van der Waals surface area (Å²) >= 11 is 0. The number of aromatic nitrogens is 2. The fourth-order valence-corrected chi connectivity index (χ4v) is 2.30. The number of carbonyl (C=O) groups is 1.